The Morgan fingerprint density at radius 3 is 2.42 bits per heavy atom. The van der Waals surface area contributed by atoms with E-state index < -0.39 is 18.0 Å². The summed E-state index contributed by atoms with van der Waals surface area (Å²) in [6.07, 6.45) is 1.82. The van der Waals surface area contributed by atoms with Crippen molar-refractivity contribution in [3.8, 4) is 0 Å². The summed E-state index contributed by atoms with van der Waals surface area (Å²) in [6.45, 7) is 1.72. The summed E-state index contributed by atoms with van der Waals surface area (Å²) in [5.74, 6) is -1.03. The molecule has 0 radical (unpaired) electrons. The maximum Gasteiger partial charge on any atom is 0.338 e. The van der Waals surface area contributed by atoms with Crippen LogP contribution in [0.1, 0.15) is 33.8 Å². The first-order valence-electron chi connectivity index (χ1n) is 9.27. The van der Waals surface area contributed by atoms with Gasteiger partial charge in [-0.3, -0.25) is 9.36 Å². The van der Waals surface area contributed by atoms with Crippen LogP contribution in [0, 0.1) is 0 Å². The van der Waals surface area contributed by atoms with Crippen LogP contribution in [-0.4, -0.2) is 30.7 Å². The Morgan fingerprint density at radius 1 is 1.10 bits per heavy atom. The molecule has 158 valence electrons. The van der Waals surface area contributed by atoms with Crippen LogP contribution in [-0.2, 0) is 14.3 Å². The summed E-state index contributed by atoms with van der Waals surface area (Å²) in [6, 6.07) is 9.74. The van der Waals surface area contributed by atoms with E-state index in [0.717, 1.165) is 4.88 Å². The number of fused-ring (bicyclic) bond motifs is 1. The summed E-state index contributed by atoms with van der Waals surface area (Å²) in [7, 11) is 2.60. The minimum atomic E-state index is -0.721. The number of hydrogen-bond donors (Lipinski definition) is 0. The summed E-state index contributed by atoms with van der Waals surface area (Å²) >= 11 is 2.80. The predicted octanol–water partition coefficient (Wildman–Crippen LogP) is 2.26. The van der Waals surface area contributed by atoms with Gasteiger partial charge in [-0.1, -0.05) is 29.5 Å². The minimum absolute atomic E-state index is 0.243. The van der Waals surface area contributed by atoms with Crippen molar-refractivity contribution in [2.24, 2.45) is 4.99 Å². The van der Waals surface area contributed by atoms with E-state index >= 15 is 0 Å². The molecule has 1 unspecified atom stereocenters. The van der Waals surface area contributed by atoms with Crippen LogP contribution in [0.5, 0.6) is 0 Å². The number of carbonyl (C=O) groups is 2. The Balaban J connectivity index is 1.94. The van der Waals surface area contributed by atoms with E-state index in [1.165, 1.54) is 41.5 Å². The molecule has 1 aromatic carbocycles. The number of esters is 2. The molecule has 4 rings (SSSR count). The van der Waals surface area contributed by atoms with E-state index in [1.54, 1.807) is 31.2 Å². The maximum atomic E-state index is 13.3. The van der Waals surface area contributed by atoms with Crippen LogP contribution in [0.2, 0.25) is 0 Å². The maximum absolute atomic E-state index is 13.3. The second-order valence-corrected chi connectivity index (χ2v) is 8.69. The van der Waals surface area contributed by atoms with Crippen molar-refractivity contribution < 1.29 is 19.1 Å². The first-order valence-corrected chi connectivity index (χ1v) is 11.0. The lowest BCUT2D eigenvalue weighted by molar-refractivity contribution is -0.136. The number of aromatic nitrogens is 1. The topological polar surface area (TPSA) is 87.0 Å². The molecular weight excluding hydrogens is 436 g/mol. The molecule has 1 aliphatic heterocycles. The number of thiazole rings is 1. The van der Waals surface area contributed by atoms with Gasteiger partial charge in [0.05, 0.1) is 41.6 Å². The van der Waals surface area contributed by atoms with Crippen molar-refractivity contribution >= 4 is 40.7 Å². The van der Waals surface area contributed by atoms with E-state index in [0.29, 0.717) is 26.2 Å². The fraction of sp³-hybridized carbons (Fsp3) is 0.182. The van der Waals surface area contributed by atoms with Gasteiger partial charge in [0.2, 0.25) is 0 Å². The van der Waals surface area contributed by atoms with E-state index in [9.17, 15) is 14.4 Å². The first kappa shape index (κ1) is 21.0. The van der Waals surface area contributed by atoms with Crippen LogP contribution in [0.4, 0.5) is 0 Å². The van der Waals surface area contributed by atoms with Crippen molar-refractivity contribution in [1.82, 2.24) is 4.57 Å². The second-order valence-electron chi connectivity index (χ2n) is 6.70. The molecule has 0 saturated heterocycles. The van der Waals surface area contributed by atoms with Gasteiger partial charge in [-0.25, -0.2) is 14.6 Å². The van der Waals surface area contributed by atoms with Crippen molar-refractivity contribution in [2.45, 2.75) is 13.0 Å². The highest BCUT2D eigenvalue weighted by molar-refractivity contribution is 7.11. The van der Waals surface area contributed by atoms with Crippen LogP contribution in [0.25, 0.3) is 6.08 Å². The number of methoxy groups -OCH3 is 2. The Hall–Kier alpha value is -3.30. The Morgan fingerprint density at radius 2 is 1.81 bits per heavy atom. The third kappa shape index (κ3) is 3.77. The lowest BCUT2D eigenvalue weighted by atomic mass is 9.95. The average Bonchev–Trinajstić information content (AvgIpc) is 3.40. The molecule has 0 bridgehead atoms. The third-order valence-corrected chi connectivity index (χ3v) is 6.69. The van der Waals surface area contributed by atoms with Gasteiger partial charge in [-0.2, -0.15) is 0 Å². The number of nitrogens with zero attached hydrogens (tertiary/aromatic N) is 2. The molecule has 0 spiro atoms. The number of carbonyl (C=O) groups excluding carboxylic acids is 2. The number of allylic oxidation sites excluding steroid dienone is 1. The molecule has 7 nitrogen and oxygen atoms in total. The molecule has 0 fully saturated rings. The van der Waals surface area contributed by atoms with E-state index in [4.69, 9.17) is 9.47 Å². The number of ether oxygens (including phenoxy) is 2. The predicted molar refractivity (Wildman–Crippen MR) is 118 cm³/mol. The van der Waals surface area contributed by atoms with Crippen molar-refractivity contribution in [3.63, 3.8) is 0 Å². The van der Waals surface area contributed by atoms with Crippen molar-refractivity contribution in [1.29, 1.82) is 0 Å². The third-order valence-electron chi connectivity index (χ3n) is 4.89. The molecule has 2 aromatic heterocycles. The normalized spacial score (nSPS) is 16.0. The second kappa shape index (κ2) is 8.44. The quantitative estimate of drug-likeness (QED) is 0.565. The zero-order valence-corrected chi connectivity index (χ0v) is 18.6. The number of rotatable bonds is 4. The van der Waals surface area contributed by atoms with Crippen LogP contribution < -0.4 is 14.9 Å². The number of benzene rings is 1. The Bertz CT molecular complexity index is 1360. The molecule has 0 aliphatic carbocycles. The molecule has 0 N–H and O–H groups in total. The van der Waals surface area contributed by atoms with Gasteiger partial charge < -0.3 is 9.47 Å². The first-order chi connectivity index (χ1) is 14.9. The van der Waals surface area contributed by atoms with Gasteiger partial charge in [0.25, 0.3) is 5.56 Å². The van der Waals surface area contributed by atoms with Crippen LogP contribution in [0.3, 0.4) is 0 Å². The molecule has 0 saturated carbocycles. The van der Waals surface area contributed by atoms with Gasteiger partial charge in [-0.15, -0.1) is 11.3 Å². The van der Waals surface area contributed by atoms with Gasteiger partial charge in [0.15, 0.2) is 4.80 Å². The van der Waals surface area contributed by atoms with Gasteiger partial charge in [0.1, 0.15) is 0 Å². The Labute approximate surface area is 185 Å². The Kier molecular flexibility index (Phi) is 5.71. The number of hydrogen-bond acceptors (Lipinski definition) is 8. The summed E-state index contributed by atoms with van der Waals surface area (Å²) in [5, 5.41) is 1.94. The SMILES string of the molecule is COC(=O)C1=C(C)N=c2s/c(=C/c3cccs3)c(=O)n2C1c1ccc(C(=O)OC)cc1. The highest BCUT2D eigenvalue weighted by atomic mass is 32.1. The average molecular weight is 455 g/mol. The van der Waals surface area contributed by atoms with Crippen molar-refractivity contribution in [3.05, 3.63) is 88.7 Å². The van der Waals surface area contributed by atoms with Crippen LogP contribution in [0.15, 0.2) is 62.8 Å². The smallest absolute Gasteiger partial charge is 0.338 e. The minimum Gasteiger partial charge on any atom is -0.466 e. The summed E-state index contributed by atoms with van der Waals surface area (Å²) in [5.41, 5.74) is 1.55. The standard InChI is InChI=1S/C22H18N2O5S2/c1-12-17(21(27)29-3)18(13-6-8-14(9-7-13)20(26)28-2)24-19(25)16(31-22(24)23-12)11-15-5-4-10-30-15/h4-11,18H,1-3H3/b16-11+. The van der Waals surface area contributed by atoms with Crippen LogP contribution >= 0.6 is 22.7 Å². The zero-order valence-electron chi connectivity index (χ0n) is 16.9. The van der Waals surface area contributed by atoms with Gasteiger partial charge >= 0.3 is 11.9 Å². The molecule has 3 heterocycles. The highest BCUT2D eigenvalue weighted by Crippen LogP contribution is 2.30. The molecular formula is C22H18N2O5S2. The molecule has 1 atom stereocenters. The monoisotopic (exact) mass is 454 g/mol. The lowest BCUT2D eigenvalue weighted by Gasteiger charge is -2.24. The van der Waals surface area contributed by atoms with Gasteiger partial charge in [0, 0.05) is 4.88 Å². The summed E-state index contributed by atoms with van der Waals surface area (Å²) in [4.78, 5) is 43.7. The molecule has 31 heavy (non-hydrogen) atoms. The van der Waals surface area contributed by atoms with E-state index in [1.807, 2.05) is 23.6 Å². The molecule has 1 aliphatic rings. The highest BCUT2D eigenvalue weighted by Gasteiger charge is 2.33. The molecule has 3 aromatic rings. The fourth-order valence-corrected chi connectivity index (χ4v) is 5.20. The van der Waals surface area contributed by atoms with Gasteiger partial charge in [-0.05, 0) is 42.1 Å². The zero-order chi connectivity index (χ0) is 22.1. The molecule has 9 heteroatoms. The van der Waals surface area contributed by atoms with E-state index in [-0.39, 0.29) is 11.1 Å². The fourth-order valence-electron chi connectivity index (χ4n) is 3.43. The number of thiophene rings is 1. The van der Waals surface area contributed by atoms with Crippen molar-refractivity contribution in [2.75, 3.05) is 14.2 Å². The summed E-state index contributed by atoms with van der Waals surface area (Å²) < 4.78 is 11.8. The van der Waals surface area contributed by atoms with E-state index in [2.05, 4.69) is 4.99 Å². The lowest BCUT2D eigenvalue weighted by Crippen LogP contribution is -2.39. The largest absolute Gasteiger partial charge is 0.466 e. The molecule has 0 amide bonds.